The predicted octanol–water partition coefficient (Wildman–Crippen LogP) is 2.17. The molecule has 0 aliphatic rings. The van der Waals surface area contributed by atoms with Crippen molar-refractivity contribution in [2.45, 2.75) is 32.6 Å². The summed E-state index contributed by atoms with van der Waals surface area (Å²) in [5.74, 6) is 0.116. The zero-order chi connectivity index (χ0) is 14.9. The fourth-order valence-corrected chi connectivity index (χ4v) is 1.79. The summed E-state index contributed by atoms with van der Waals surface area (Å²) in [4.78, 5) is 11.4. The molecule has 0 spiro atoms. The van der Waals surface area contributed by atoms with Crippen LogP contribution < -0.4 is 5.32 Å². The number of ether oxygens (including phenoxy) is 3. The zero-order valence-corrected chi connectivity index (χ0v) is 14.7. The van der Waals surface area contributed by atoms with Crippen LogP contribution in [0.2, 0.25) is 0 Å². The predicted molar refractivity (Wildman–Crippen MR) is 88.5 cm³/mol. The van der Waals surface area contributed by atoms with Gasteiger partial charge in [0.15, 0.2) is 0 Å². The van der Waals surface area contributed by atoms with Crippen LogP contribution in [0.1, 0.15) is 32.6 Å². The van der Waals surface area contributed by atoms with E-state index in [1.165, 1.54) is 0 Å². The first-order chi connectivity index (χ1) is 9.81. The third-order valence-electron chi connectivity index (χ3n) is 2.54. The van der Waals surface area contributed by atoms with Crippen molar-refractivity contribution in [2.75, 3.05) is 50.6 Å². The van der Waals surface area contributed by atoms with Crippen LogP contribution >= 0.6 is 22.6 Å². The first kappa shape index (κ1) is 20.1. The van der Waals surface area contributed by atoms with Crippen molar-refractivity contribution in [3.05, 3.63) is 0 Å². The van der Waals surface area contributed by atoms with Crippen molar-refractivity contribution >= 4 is 28.5 Å². The molecule has 20 heavy (non-hydrogen) atoms. The smallest absolute Gasteiger partial charge is 0.220 e. The molecule has 0 bridgehead atoms. The lowest BCUT2D eigenvalue weighted by atomic mass is 10.2. The second-order valence-corrected chi connectivity index (χ2v) is 5.41. The van der Waals surface area contributed by atoms with Crippen LogP contribution in [0.25, 0.3) is 0 Å². The number of rotatable bonds is 15. The molecule has 0 aromatic rings. The second-order valence-electron chi connectivity index (χ2n) is 4.33. The van der Waals surface area contributed by atoms with Crippen LogP contribution in [0.15, 0.2) is 0 Å². The summed E-state index contributed by atoms with van der Waals surface area (Å²) in [7, 11) is 0. The van der Waals surface area contributed by atoms with Gasteiger partial charge in [0.2, 0.25) is 5.91 Å². The van der Waals surface area contributed by atoms with Gasteiger partial charge in [-0.25, -0.2) is 0 Å². The van der Waals surface area contributed by atoms with Crippen molar-refractivity contribution in [2.24, 2.45) is 0 Å². The fourth-order valence-electron chi connectivity index (χ4n) is 1.48. The first-order valence-corrected chi connectivity index (χ1v) is 8.89. The fraction of sp³-hybridized carbons (Fsp3) is 0.929. The normalized spacial score (nSPS) is 10.7. The van der Waals surface area contributed by atoms with Gasteiger partial charge >= 0.3 is 0 Å². The molecule has 0 radical (unpaired) electrons. The number of carbonyl (C=O) groups excluding carboxylic acids is 1. The molecule has 0 aliphatic heterocycles. The molecule has 1 amide bonds. The van der Waals surface area contributed by atoms with Crippen LogP contribution in [0.5, 0.6) is 0 Å². The maximum absolute atomic E-state index is 11.4. The zero-order valence-electron chi connectivity index (χ0n) is 12.5. The van der Waals surface area contributed by atoms with Gasteiger partial charge in [-0.2, -0.15) is 0 Å². The van der Waals surface area contributed by atoms with Crippen molar-refractivity contribution in [3.8, 4) is 0 Å². The number of carbonyl (C=O) groups is 1. The highest BCUT2D eigenvalue weighted by molar-refractivity contribution is 14.1. The van der Waals surface area contributed by atoms with Gasteiger partial charge in [-0.3, -0.25) is 4.79 Å². The Labute approximate surface area is 136 Å². The Balaban J connectivity index is 3.07. The van der Waals surface area contributed by atoms with Crippen molar-refractivity contribution in [1.82, 2.24) is 5.32 Å². The lowest BCUT2D eigenvalue weighted by Gasteiger charge is -2.07. The summed E-state index contributed by atoms with van der Waals surface area (Å²) in [5.41, 5.74) is 0. The number of nitrogens with one attached hydrogen (secondary N) is 1. The highest BCUT2D eigenvalue weighted by Crippen LogP contribution is 1.97. The molecule has 0 aromatic heterocycles. The summed E-state index contributed by atoms with van der Waals surface area (Å²) in [5, 5.41) is 2.84. The van der Waals surface area contributed by atoms with E-state index < -0.39 is 0 Å². The minimum absolute atomic E-state index is 0.116. The lowest BCUT2D eigenvalue weighted by Crippen LogP contribution is -2.27. The summed E-state index contributed by atoms with van der Waals surface area (Å²) in [6.07, 6.45) is 3.84. The van der Waals surface area contributed by atoms with Gasteiger partial charge in [-0.1, -0.05) is 42.4 Å². The van der Waals surface area contributed by atoms with E-state index in [4.69, 9.17) is 14.2 Å². The average Bonchev–Trinajstić information content (AvgIpc) is 2.45. The Kier molecular flexibility index (Phi) is 17.2. The van der Waals surface area contributed by atoms with Crippen molar-refractivity contribution in [1.29, 1.82) is 0 Å². The first-order valence-electron chi connectivity index (χ1n) is 7.37. The highest BCUT2D eigenvalue weighted by atomic mass is 127. The standard InChI is InChI=1S/C14H28INO4/c1-2-3-4-5-14(17)16-7-9-19-11-13-20-12-10-18-8-6-15/h2-13H2,1H3,(H,16,17). The molecule has 0 aliphatic carbocycles. The maximum atomic E-state index is 11.4. The van der Waals surface area contributed by atoms with Crippen molar-refractivity contribution in [3.63, 3.8) is 0 Å². The van der Waals surface area contributed by atoms with E-state index >= 15 is 0 Å². The minimum atomic E-state index is 0.116. The Morgan fingerprint density at radius 1 is 0.950 bits per heavy atom. The van der Waals surface area contributed by atoms with Gasteiger partial charge in [0.05, 0.1) is 39.6 Å². The molecular weight excluding hydrogens is 373 g/mol. The summed E-state index contributed by atoms with van der Waals surface area (Å²) in [6, 6.07) is 0. The topological polar surface area (TPSA) is 56.8 Å². The van der Waals surface area contributed by atoms with Gasteiger partial charge in [0, 0.05) is 17.4 Å². The SMILES string of the molecule is CCCCCC(=O)NCCOCCOCCOCCI. The van der Waals surface area contributed by atoms with E-state index in [2.05, 4.69) is 34.8 Å². The molecule has 0 atom stereocenters. The molecule has 120 valence electrons. The number of hydrogen-bond acceptors (Lipinski definition) is 4. The summed E-state index contributed by atoms with van der Waals surface area (Å²) < 4.78 is 17.0. The van der Waals surface area contributed by atoms with Crippen LogP contribution in [0, 0.1) is 0 Å². The Morgan fingerprint density at radius 2 is 1.55 bits per heavy atom. The molecule has 0 heterocycles. The number of hydrogen-bond donors (Lipinski definition) is 1. The average molecular weight is 401 g/mol. The van der Waals surface area contributed by atoms with E-state index in [0.29, 0.717) is 46.0 Å². The van der Waals surface area contributed by atoms with Crippen LogP contribution in [-0.2, 0) is 19.0 Å². The molecule has 0 unspecified atom stereocenters. The number of amides is 1. The monoisotopic (exact) mass is 401 g/mol. The molecule has 0 saturated carbocycles. The molecule has 0 aromatic carbocycles. The maximum Gasteiger partial charge on any atom is 0.220 e. The Hall–Kier alpha value is 0.0800. The van der Waals surface area contributed by atoms with E-state index in [9.17, 15) is 4.79 Å². The Bertz CT molecular complexity index is 217. The van der Waals surface area contributed by atoms with Gasteiger partial charge in [0.25, 0.3) is 0 Å². The van der Waals surface area contributed by atoms with Gasteiger partial charge in [-0.05, 0) is 6.42 Å². The third kappa shape index (κ3) is 16.1. The Morgan fingerprint density at radius 3 is 2.15 bits per heavy atom. The molecule has 5 nitrogen and oxygen atoms in total. The van der Waals surface area contributed by atoms with Crippen LogP contribution in [0.3, 0.4) is 0 Å². The summed E-state index contributed by atoms with van der Waals surface area (Å²) >= 11 is 2.27. The molecule has 0 fully saturated rings. The van der Waals surface area contributed by atoms with Crippen LogP contribution in [-0.4, -0.2) is 56.5 Å². The minimum Gasteiger partial charge on any atom is -0.378 e. The molecule has 6 heteroatoms. The highest BCUT2D eigenvalue weighted by Gasteiger charge is 1.99. The van der Waals surface area contributed by atoms with Gasteiger partial charge in [0.1, 0.15) is 0 Å². The number of alkyl halides is 1. The van der Waals surface area contributed by atoms with Crippen LogP contribution in [0.4, 0.5) is 0 Å². The van der Waals surface area contributed by atoms with Gasteiger partial charge < -0.3 is 19.5 Å². The third-order valence-corrected chi connectivity index (χ3v) is 2.98. The summed E-state index contributed by atoms with van der Waals surface area (Å²) in [6.45, 7) is 6.38. The van der Waals surface area contributed by atoms with Gasteiger partial charge in [-0.15, -0.1) is 0 Å². The molecule has 0 saturated heterocycles. The van der Waals surface area contributed by atoms with E-state index in [1.54, 1.807) is 0 Å². The molecule has 1 N–H and O–H groups in total. The number of unbranched alkanes of at least 4 members (excludes halogenated alkanes) is 2. The van der Waals surface area contributed by atoms with Crippen molar-refractivity contribution < 1.29 is 19.0 Å². The van der Waals surface area contributed by atoms with E-state index in [1.807, 2.05) is 0 Å². The largest absolute Gasteiger partial charge is 0.378 e. The molecular formula is C14H28INO4. The molecule has 0 rings (SSSR count). The second kappa shape index (κ2) is 17.1. The number of halogens is 1. The van der Waals surface area contributed by atoms with E-state index in [0.717, 1.165) is 30.3 Å². The lowest BCUT2D eigenvalue weighted by molar-refractivity contribution is -0.121. The van der Waals surface area contributed by atoms with E-state index in [-0.39, 0.29) is 5.91 Å². The quantitative estimate of drug-likeness (QED) is 0.260.